The van der Waals surface area contributed by atoms with Crippen LogP contribution in [0.15, 0.2) is 162 Å². The maximum Gasteiger partial charge on any atom is 0.182 e. The van der Waals surface area contributed by atoms with Crippen molar-refractivity contribution in [1.82, 2.24) is 19.9 Å². The van der Waals surface area contributed by atoms with Crippen molar-refractivity contribution in [3.63, 3.8) is 0 Å². The molecule has 220 valence electrons. The van der Waals surface area contributed by atoms with Gasteiger partial charge in [0.2, 0.25) is 0 Å². The first-order chi connectivity index (χ1) is 23.3. The minimum atomic E-state index is 0.482. The summed E-state index contributed by atoms with van der Waals surface area (Å²) < 4.78 is 6.20. The van der Waals surface area contributed by atoms with E-state index in [2.05, 4.69) is 97.1 Å². The van der Waals surface area contributed by atoms with Crippen LogP contribution in [0.5, 0.6) is 0 Å². The average Bonchev–Trinajstić information content (AvgIpc) is 3.53. The smallest absolute Gasteiger partial charge is 0.182 e. The number of pyridine rings is 1. The summed E-state index contributed by atoms with van der Waals surface area (Å²) in [5.41, 5.74) is 8.61. The van der Waals surface area contributed by atoms with E-state index in [1.807, 2.05) is 60.8 Å². The molecule has 0 saturated heterocycles. The zero-order valence-electron chi connectivity index (χ0n) is 25.2. The van der Waals surface area contributed by atoms with Gasteiger partial charge in [-0.05, 0) is 45.2 Å². The fourth-order valence-electron chi connectivity index (χ4n) is 6.29. The molecule has 0 N–H and O–H groups in total. The van der Waals surface area contributed by atoms with E-state index >= 15 is 0 Å². The fraction of sp³-hybridized carbons (Fsp3) is 0. The quantitative estimate of drug-likeness (QED) is 0.196. The van der Waals surface area contributed by atoms with E-state index in [4.69, 9.17) is 24.4 Å². The summed E-state index contributed by atoms with van der Waals surface area (Å²) in [5, 5.41) is 4.19. The minimum Gasteiger partial charge on any atom is -0.456 e. The molecule has 5 nitrogen and oxygen atoms in total. The maximum atomic E-state index is 6.20. The molecule has 9 aromatic rings. The molecule has 3 aromatic heterocycles. The van der Waals surface area contributed by atoms with Gasteiger partial charge in [0.1, 0.15) is 16.9 Å². The highest BCUT2D eigenvalue weighted by Gasteiger charge is 2.18. The minimum absolute atomic E-state index is 0.482. The van der Waals surface area contributed by atoms with Gasteiger partial charge >= 0.3 is 0 Å². The summed E-state index contributed by atoms with van der Waals surface area (Å²) in [4.78, 5) is 19.9. The van der Waals surface area contributed by atoms with E-state index in [9.17, 15) is 0 Å². The summed E-state index contributed by atoms with van der Waals surface area (Å²) in [7, 11) is 0. The van der Waals surface area contributed by atoms with E-state index in [1.165, 1.54) is 0 Å². The lowest BCUT2D eigenvalue weighted by Gasteiger charge is -2.13. The molecule has 0 amide bonds. The Hall–Kier alpha value is -6.46. The van der Waals surface area contributed by atoms with Gasteiger partial charge in [0.05, 0.1) is 0 Å². The van der Waals surface area contributed by atoms with Gasteiger partial charge < -0.3 is 4.42 Å². The first-order valence-corrected chi connectivity index (χ1v) is 15.6. The molecule has 0 aliphatic heterocycles. The van der Waals surface area contributed by atoms with Crippen LogP contribution in [-0.4, -0.2) is 19.9 Å². The van der Waals surface area contributed by atoms with Crippen LogP contribution in [0.3, 0.4) is 0 Å². The second-order valence-corrected chi connectivity index (χ2v) is 11.5. The first kappa shape index (κ1) is 26.9. The van der Waals surface area contributed by atoms with Gasteiger partial charge in [0, 0.05) is 34.2 Å². The molecule has 5 heteroatoms. The van der Waals surface area contributed by atoms with Crippen LogP contribution in [0.1, 0.15) is 0 Å². The molecule has 0 saturated carbocycles. The second kappa shape index (κ2) is 11.2. The standard InChI is InChI=1S/C42H26N4O/c1-3-11-27(12-4-1)28-19-21-30(22-20-28)40-44-41(35-24-23-31(29-13-5-2-6-14-29)32-15-7-8-16-33(32)35)46-42(45-40)37-25-39-36(26-43-37)34-17-9-10-18-38(34)47-39/h1-26H. The molecule has 9 rings (SSSR count). The maximum absolute atomic E-state index is 6.20. The van der Waals surface area contributed by atoms with Gasteiger partial charge in [0.25, 0.3) is 0 Å². The normalized spacial score (nSPS) is 11.4. The Morgan fingerprint density at radius 1 is 0.362 bits per heavy atom. The SMILES string of the molecule is c1ccc(-c2ccc(-c3nc(-c4cc5oc6ccccc6c5cn4)nc(-c4ccc(-c5ccccc5)c5ccccc45)n3)cc2)cc1. The fourth-order valence-corrected chi connectivity index (χ4v) is 6.29. The molecule has 0 unspecified atom stereocenters. The highest BCUT2D eigenvalue weighted by atomic mass is 16.3. The van der Waals surface area contributed by atoms with Gasteiger partial charge in [-0.2, -0.15) is 0 Å². The van der Waals surface area contributed by atoms with Gasteiger partial charge in [-0.1, -0.05) is 133 Å². The number of nitrogens with zero attached hydrogens (tertiary/aromatic N) is 4. The predicted octanol–water partition coefficient (Wildman–Crippen LogP) is 10.7. The highest BCUT2D eigenvalue weighted by molar-refractivity contribution is 6.05. The highest BCUT2D eigenvalue weighted by Crippen LogP contribution is 2.36. The van der Waals surface area contributed by atoms with Gasteiger partial charge in [0.15, 0.2) is 17.5 Å². The van der Waals surface area contributed by atoms with Crippen molar-refractivity contribution in [2.24, 2.45) is 0 Å². The molecular formula is C42H26N4O. The third-order valence-corrected chi connectivity index (χ3v) is 8.63. The van der Waals surface area contributed by atoms with E-state index in [-0.39, 0.29) is 0 Å². The van der Waals surface area contributed by atoms with Crippen LogP contribution < -0.4 is 0 Å². The van der Waals surface area contributed by atoms with Crippen LogP contribution in [0.2, 0.25) is 0 Å². The molecule has 0 aliphatic carbocycles. The van der Waals surface area contributed by atoms with Gasteiger partial charge in [-0.15, -0.1) is 0 Å². The number of hydrogen-bond donors (Lipinski definition) is 0. The summed E-state index contributed by atoms with van der Waals surface area (Å²) in [5.74, 6) is 1.64. The Bertz CT molecular complexity index is 2560. The van der Waals surface area contributed by atoms with Crippen molar-refractivity contribution in [1.29, 1.82) is 0 Å². The number of aromatic nitrogens is 4. The van der Waals surface area contributed by atoms with Crippen molar-refractivity contribution in [2.75, 3.05) is 0 Å². The molecule has 47 heavy (non-hydrogen) atoms. The number of fused-ring (bicyclic) bond motifs is 4. The molecule has 0 bridgehead atoms. The summed E-state index contributed by atoms with van der Waals surface area (Å²) in [6, 6.07) is 51.7. The van der Waals surface area contributed by atoms with Crippen LogP contribution in [0, 0.1) is 0 Å². The lowest BCUT2D eigenvalue weighted by Crippen LogP contribution is -2.01. The van der Waals surface area contributed by atoms with Crippen molar-refractivity contribution in [2.45, 2.75) is 0 Å². The molecule has 0 radical (unpaired) electrons. The van der Waals surface area contributed by atoms with Crippen LogP contribution >= 0.6 is 0 Å². The Morgan fingerprint density at radius 2 is 0.915 bits per heavy atom. The molecule has 0 fully saturated rings. The third kappa shape index (κ3) is 4.82. The van der Waals surface area contributed by atoms with Crippen LogP contribution in [0.4, 0.5) is 0 Å². The Balaban J connectivity index is 1.23. The third-order valence-electron chi connectivity index (χ3n) is 8.63. The molecule has 0 spiro atoms. The number of rotatable bonds is 5. The van der Waals surface area contributed by atoms with Crippen LogP contribution in [0.25, 0.3) is 89.3 Å². The van der Waals surface area contributed by atoms with Gasteiger partial charge in [-0.3, -0.25) is 4.98 Å². The van der Waals surface area contributed by atoms with Crippen molar-refractivity contribution in [3.8, 4) is 56.5 Å². The first-order valence-electron chi connectivity index (χ1n) is 15.6. The van der Waals surface area contributed by atoms with Gasteiger partial charge in [-0.25, -0.2) is 15.0 Å². The molecule has 0 aliphatic rings. The van der Waals surface area contributed by atoms with E-state index < -0.39 is 0 Å². The Kier molecular flexibility index (Phi) is 6.39. The zero-order chi connectivity index (χ0) is 31.2. The summed E-state index contributed by atoms with van der Waals surface area (Å²) in [6.45, 7) is 0. The topological polar surface area (TPSA) is 64.7 Å². The number of furan rings is 1. The number of para-hydroxylation sites is 1. The molecule has 6 aromatic carbocycles. The van der Waals surface area contributed by atoms with Crippen LogP contribution in [-0.2, 0) is 0 Å². The lowest BCUT2D eigenvalue weighted by atomic mass is 9.95. The monoisotopic (exact) mass is 602 g/mol. The summed E-state index contributed by atoms with van der Waals surface area (Å²) >= 11 is 0. The largest absolute Gasteiger partial charge is 0.456 e. The molecular weight excluding hydrogens is 576 g/mol. The lowest BCUT2D eigenvalue weighted by molar-refractivity contribution is 0.668. The van der Waals surface area contributed by atoms with Crippen molar-refractivity contribution >= 4 is 32.7 Å². The molecule has 0 atom stereocenters. The average molecular weight is 603 g/mol. The number of benzene rings is 6. The van der Waals surface area contributed by atoms with Crippen molar-refractivity contribution in [3.05, 3.63) is 158 Å². The van der Waals surface area contributed by atoms with E-state index in [0.29, 0.717) is 23.2 Å². The zero-order valence-corrected chi connectivity index (χ0v) is 25.2. The van der Waals surface area contributed by atoms with Crippen molar-refractivity contribution < 1.29 is 4.42 Å². The van der Waals surface area contributed by atoms with E-state index in [1.54, 1.807) is 0 Å². The number of hydrogen-bond acceptors (Lipinski definition) is 5. The Labute approximate surface area is 270 Å². The van der Waals surface area contributed by atoms with E-state index in [0.717, 1.165) is 66.1 Å². The molecule has 3 heterocycles. The summed E-state index contributed by atoms with van der Waals surface area (Å²) in [6.07, 6.45) is 1.85. The predicted molar refractivity (Wildman–Crippen MR) is 190 cm³/mol. The Morgan fingerprint density at radius 3 is 1.68 bits per heavy atom. The second-order valence-electron chi connectivity index (χ2n) is 11.5.